The first-order valence-corrected chi connectivity index (χ1v) is 11.2. The molecule has 4 nitrogen and oxygen atoms in total. The van der Waals surface area contributed by atoms with Gasteiger partial charge < -0.3 is 10.6 Å². The highest BCUT2D eigenvalue weighted by Crippen LogP contribution is 2.42. The molecule has 1 aliphatic carbocycles. The maximum absolute atomic E-state index is 13.8. The molecule has 170 valence electrons. The van der Waals surface area contributed by atoms with Crippen LogP contribution in [0.2, 0.25) is 5.02 Å². The van der Waals surface area contributed by atoms with E-state index in [0.29, 0.717) is 27.1 Å². The van der Waals surface area contributed by atoms with Crippen molar-refractivity contribution in [3.8, 4) is 0 Å². The predicted octanol–water partition coefficient (Wildman–Crippen LogP) is 6.86. The van der Waals surface area contributed by atoms with Gasteiger partial charge in [-0.15, -0.1) is 0 Å². The minimum atomic E-state index is -4.56. The van der Waals surface area contributed by atoms with Crippen LogP contribution in [0.5, 0.6) is 0 Å². The van der Waals surface area contributed by atoms with E-state index in [2.05, 4.69) is 9.97 Å². The van der Waals surface area contributed by atoms with Crippen LogP contribution in [-0.4, -0.2) is 22.1 Å². The first-order valence-electron chi connectivity index (χ1n) is 10.9. The first kappa shape index (κ1) is 21.9. The Hall–Kier alpha value is -2.90. The number of para-hydroxylation sites is 1. The molecule has 5 rings (SSSR count). The van der Waals surface area contributed by atoms with E-state index in [1.807, 2.05) is 29.2 Å². The second-order valence-electron chi connectivity index (χ2n) is 8.47. The molecule has 2 aromatic heterocycles. The Morgan fingerprint density at radius 2 is 1.61 bits per heavy atom. The highest BCUT2D eigenvalue weighted by atomic mass is 35.5. The number of nitrogens with two attached hydrogens (primary N) is 1. The smallest absolute Gasteiger partial charge is 0.337 e. The van der Waals surface area contributed by atoms with Crippen LogP contribution in [0.25, 0.3) is 21.8 Å². The molecule has 0 aliphatic heterocycles. The van der Waals surface area contributed by atoms with Gasteiger partial charge in [0.25, 0.3) is 0 Å². The van der Waals surface area contributed by atoms with Gasteiger partial charge >= 0.3 is 6.18 Å². The van der Waals surface area contributed by atoms with E-state index in [0.717, 1.165) is 36.8 Å². The van der Waals surface area contributed by atoms with Crippen LogP contribution >= 0.6 is 11.6 Å². The summed E-state index contributed by atoms with van der Waals surface area (Å²) in [6, 6.07) is 15.5. The van der Waals surface area contributed by atoms with Crippen molar-refractivity contribution >= 4 is 44.8 Å². The van der Waals surface area contributed by atoms with Crippen LogP contribution in [0.1, 0.15) is 31.4 Å². The number of halogens is 4. The zero-order valence-corrected chi connectivity index (χ0v) is 18.4. The van der Waals surface area contributed by atoms with Crippen LogP contribution in [0.15, 0.2) is 60.8 Å². The topological polar surface area (TPSA) is 55.0 Å². The van der Waals surface area contributed by atoms with Gasteiger partial charge in [-0.05, 0) is 62.1 Å². The molecule has 2 aromatic carbocycles. The minimum Gasteiger partial charge on any atom is -0.337 e. The van der Waals surface area contributed by atoms with Gasteiger partial charge in [0.1, 0.15) is 5.69 Å². The summed E-state index contributed by atoms with van der Waals surface area (Å²) in [6.45, 7) is 0. The number of hydrogen-bond acceptors (Lipinski definition) is 4. The summed E-state index contributed by atoms with van der Waals surface area (Å²) in [6.07, 6.45) is 0.278. The fourth-order valence-corrected chi connectivity index (χ4v) is 4.87. The zero-order valence-electron chi connectivity index (χ0n) is 17.7. The zero-order chi connectivity index (χ0) is 23.2. The Balaban J connectivity index is 1.79. The number of benzene rings is 2. The number of aromatic nitrogens is 2. The Morgan fingerprint density at radius 1 is 0.879 bits per heavy atom. The Labute approximate surface area is 194 Å². The van der Waals surface area contributed by atoms with E-state index in [4.69, 9.17) is 17.3 Å². The molecule has 1 saturated carbocycles. The second kappa shape index (κ2) is 8.47. The first-order chi connectivity index (χ1) is 15.8. The number of pyridine rings is 2. The Kier molecular flexibility index (Phi) is 5.62. The molecule has 2 N–H and O–H groups in total. The normalized spacial score (nSPS) is 19.2. The van der Waals surface area contributed by atoms with E-state index < -0.39 is 11.9 Å². The number of fused-ring (bicyclic) bond motifs is 2. The molecule has 0 spiro atoms. The molecule has 2 heterocycles. The van der Waals surface area contributed by atoms with E-state index in [-0.39, 0.29) is 12.1 Å². The van der Waals surface area contributed by atoms with E-state index in [1.165, 1.54) is 6.07 Å². The van der Waals surface area contributed by atoms with Crippen molar-refractivity contribution in [1.29, 1.82) is 0 Å². The summed E-state index contributed by atoms with van der Waals surface area (Å²) < 4.78 is 41.5. The molecule has 1 aliphatic rings. The van der Waals surface area contributed by atoms with Gasteiger partial charge in [0.05, 0.1) is 22.4 Å². The van der Waals surface area contributed by atoms with Gasteiger partial charge in [-0.3, -0.25) is 4.98 Å². The summed E-state index contributed by atoms with van der Waals surface area (Å²) in [7, 11) is 0. The van der Waals surface area contributed by atoms with E-state index >= 15 is 0 Å². The van der Waals surface area contributed by atoms with Crippen molar-refractivity contribution in [2.24, 2.45) is 5.73 Å². The molecule has 33 heavy (non-hydrogen) atoms. The van der Waals surface area contributed by atoms with Gasteiger partial charge in [0, 0.05) is 34.1 Å². The van der Waals surface area contributed by atoms with Crippen LogP contribution in [0.4, 0.5) is 24.5 Å². The van der Waals surface area contributed by atoms with Crippen molar-refractivity contribution in [1.82, 2.24) is 9.97 Å². The minimum absolute atomic E-state index is 0.0158. The third-order valence-corrected chi connectivity index (χ3v) is 6.53. The van der Waals surface area contributed by atoms with Crippen molar-refractivity contribution in [3.05, 3.63) is 71.5 Å². The molecule has 0 bridgehead atoms. The standard InChI is InChI=1S/C25H22ClF3N4/c26-15-5-10-19-21(13-15)31-12-11-22(19)33(17-8-6-16(30)7-9-17)23-14-24(25(27,28)29)32-20-4-2-1-3-18(20)23/h1-5,10-14,16-17H,6-9,30H2. The van der Waals surface area contributed by atoms with Gasteiger partial charge in [0.15, 0.2) is 0 Å². The molecule has 0 atom stereocenters. The fourth-order valence-electron chi connectivity index (χ4n) is 4.70. The van der Waals surface area contributed by atoms with Crippen LogP contribution < -0.4 is 10.6 Å². The average molecular weight is 471 g/mol. The average Bonchev–Trinajstić information content (AvgIpc) is 2.79. The quantitative estimate of drug-likeness (QED) is 0.355. The predicted molar refractivity (Wildman–Crippen MR) is 126 cm³/mol. The number of alkyl halides is 3. The van der Waals surface area contributed by atoms with Crippen molar-refractivity contribution in [2.45, 2.75) is 43.9 Å². The van der Waals surface area contributed by atoms with Gasteiger partial charge in [-0.25, -0.2) is 4.98 Å². The van der Waals surface area contributed by atoms with Crippen LogP contribution in [0, 0.1) is 0 Å². The monoisotopic (exact) mass is 470 g/mol. The molecule has 4 aromatic rings. The number of rotatable bonds is 3. The summed E-state index contributed by atoms with van der Waals surface area (Å²) in [4.78, 5) is 10.4. The van der Waals surface area contributed by atoms with Gasteiger partial charge in [0.2, 0.25) is 0 Å². The lowest BCUT2D eigenvalue weighted by molar-refractivity contribution is -0.140. The lowest BCUT2D eigenvalue weighted by Gasteiger charge is -2.39. The maximum atomic E-state index is 13.8. The van der Waals surface area contributed by atoms with Gasteiger partial charge in [-0.1, -0.05) is 29.8 Å². The Bertz CT molecular complexity index is 1320. The third-order valence-electron chi connectivity index (χ3n) is 6.29. The second-order valence-corrected chi connectivity index (χ2v) is 8.91. The molecule has 0 radical (unpaired) electrons. The summed E-state index contributed by atoms with van der Waals surface area (Å²) in [5, 5.41) is 2.04. The lowest BCUT2D eigenvalue weighted by atomic mass is 9.89. The molecule has 0 saturated heterocycles. The molecular weight excluding hydrogens is 449 g/mol. The summed E-state index contributed by atoms with van der Waals surface area (Å²) in [5.41, 5.74) is 7.51. The fraction of sp³-hybridized carbons (Fsp3) is 0.280. The third kappa shape index (κ3) is 4.23. The number of nitrogens with zero attached hydrogens (tertiary/aromatic N) is 3. The van der Waals surface area contributed by atoms with E-state index in [9.17, 15) is 13.2 Å². The van der Waals surface area contributed by atoms with Crippen molar-refractivity contribution < 1.29 is 13.2 Å². The summed E-state index contributed by atoms with van der Waals surface area (Å²) >= 11 is 6.18. The lowest BCUT2D eigenvalue weighted by Crippen LogP contribution is -2.38. The molecule has 0 unspecified atom stereocenters. The maximum Gasteiger partial charge on any atom is 0.433 e. The van der Waals surface area contributed by atoms with E-state index in [1.54, 1.807) is 30.5 Å². The van der Waals surface area contributed by atoms with Crippen molar-refractivity contribution in [2.75, 3.05) is 4.90 Å². The molecule has 1 fully saturated rings. The van der Waals surface area contributed by atoms with Crippen LogP contribution in [0.3, 0.4) is 0 Å². The van der Waals surface area contributed by atoms with Crippen molar-refractivity contribution in [3.63, 3.8) is 0 Å². The highest BCUT2D eigenvalue weighted by Gasteiger charge is 2.35. The summed E-state index contributed by atoms with van der Waals surface area (Å²) in [5.74, 6) is 0. The number of anilines is 2. The molecule has 8 heteroatoms. The van der Waals surface area contributed by atoms with Gasteiger partial charge in [-0.2, -0.15) is 13.2 Å². The molecule has 0 amide bonds. The largest absolute Gasteiger partial charge is 0.433 e. The SMILES string of the molecule is NC1CCC(N(c2ccnc3cc(Cl)ccc23)c2cc(C(F)(F)F)nc3ccccc23)CC1. The molecular formula is C25H22ClF3N4. The number of hydrogen-bond donors (Lipinski definition) is 1. The van der Waals surface area contributed by atoms with Crippen LogP contribution in [-0.2, 0) is 6.18 Å². The highest BCUT2D eigenvalue weighted by molar-refractivity contribution is 6.31. The Morgan fingerprint density at radius 3 is 2.36 bits per heavy atom.